The first-order valence-corrected chi connectivity index (χ1v) is 7.96. The van der Waals surface area contributed by atoms with E-state index in [0.29, 0.717) is 0 Å². The van der Waals surface area contributed by atoms with Gasteiger partial charge in [-0.15, -0.1) is 0 Å². The maximum absolute atomic E-state index is 3.74. The molecule has 0 saturated heterocycles. The number of nitrogens with one attached hydrogen (secondary N) is 2. The summed E-state index contributed by atoms with van der Waals surface area (Å²) in [5.74, 6) is 0. The van der Waals surface area contributed by atoms with Gasteiger partial charge >= 0.3 is 0 Å². The minimum absolute atomic E-state index is 0.268. The fourth-order valence-corrected chi connectivity index (χ4v) is 3.30. The van der Waals surface area contributed by atoms with E-state index in [-0.39, 0.29) is 6.04 Å². The normalized spacial score (nSPS) is 19.4. The molecule has 1 aliphatic carbocycles. The van der Waals surface area contributed by atoms with Gasteiger partial charge in [0.2, 0.25) is 0 Å². The molecule has 0 fully saturated rings. The smallest absolute Gasteiger partial charge is 0.0617 e. The molecule has 2 nitrogen and oxygen atoms in total. The molecule has 2 N–H and O–H groups in total. The summed E-state index contributed by atoms with van der Waals surface area (Å²) in [4.78, 5) is 0. The van der Waals surface area contributed by atoms with Crippen LogP contribution in [0.15, 0.2) is 78.0 Å². The van der Waals surface area contributed by atoms with Gasteiger partial charge < -0.3 is 10.6 Å². The Balaban J connectivity index is 1.66. The molecular formula is C20H20N2. The van der Waals surface area contributed by atoms with E-state index in [9.17, 15) is 0 Å². The number of benzene rings is 2. The number of para-hydroxylation sites is 1. The van der Waals surface area contributed by atoms with Crippen LogP contribution in [-0.2, 0) is 6.54 Å². The molecule has 2 aromatic carbocycles. The summed E-state index contributed by atoms with van der Waals surface area (Å²) in [6.45, 7) is 0.879. The van der Waals surface area contributed by atoms with Crippen LogP contribution in [0, 0.1) is 0 Å². The first-order chi connectivity index (χ1) is 10.9. The summed E-state index contributed by atoms with van der Waals surface area (Å²) in [5, 5.41) is 7.32. The van der Waals surface area contributed by atoms with Crippen molar-refractivity contribution < 1.29 is 0 Å². The molecule has 2 heteroatoms. The van der Waals surface area contributed by atoms with Gasteiger partial charge in [-0.05, 0) is 35.6 Å². The second-order valence-corrected chi connectivity index (χ2v) is 5.87. The van der Waals surface area contributed by atoms with E-state index in [4.69, 9.17) is 0 Å². The van der Waals surface area contributed by atoms with Crippen LogP contribution in [0.3, 0.4) is 0 Å². The molecule has 4 rings (SSSR count). The minimum atomic E-state index is 0.268. The lowest BCUT2D eigenvalue weighted by atomic mass is 9.87. The van der Waals surface area contributed by atoms with E-state index >= 15 is 0 Å². The van der Waals surface area contributed by atoms with Crippen molar-refractivity contribution in [3.63, 3.8) is 0 Å². The predicted molar refractivity (Wildman–Crippen MR) is 91.5 cm³/mol. The van der Waals surface area contributed by atoms with Crippen LogP contribution in [-0.4, -0.2) is 0 Å². The second kappa shape index (κ2) is 5.82. The van der Waals surface area contributed by atoms with Crippen molar-refractivity contribution in [1.82, 2.24) is 5.32 Å². The fourth-order valence-electron chi connectivity index (χ4n) is 3.30. The fraction of sp³-hybridized carbons (Fsp3) is 0.200. The van der Waals surface area contributed by atoms with Gasteiger partial charge in [0.15, 0.2) is 0 Å². The first-order valence-electron chi connectivity index (χ1n) is 7.96. The zero-order valence-corrected chi connectivity index (χ0v) is 12.5. The van der Waals surface area contributed by atoms with Gasteiger partial charge in [-0.25, -0.2) is 0 Å². The lowest BCUT2D eigenvalue weighted by Crippen LogP contribution is -2.30. The third-order valence-electron chi connectivity index (χ3n) is 4.40. The van der Waals surface area contributed by atoms with Gasteiger partial charge in [-0.1, -0.05) is 60.7 Å². The summed E-state index contributed by atoms with van der Waals surface area (Å²) < 4.78 is 0. The maximum Gasteiger partial charge on any atom is 0.0617 e. The van der Waals surface area contributed by atoms with Crippen molar-refractivity contribution in [2.75, 3.05) is 5.32 Å². The third kappa shape index (κ3) is 2.46. The Labute approximate surface area is 131 Å². The molecule has 0 unspecified atom stereocenters. The van der Waals surface area contributed by atoms with Crippen molar-refractivity contribution in [3.05, 3.63) is 89.1 Å². The van der Waals surface area contributed by atoms with Crippen LogP contribution < -0.4 is 10.6 Å². The van der Waals surface area contributed by atoms with Gasteiger partial charge in [0.25, 0.3) is 0 Å². The molecule has 1 heterocycles. The highest BCUT2D eigenvalue weighted by atomic mass is 15.0. The zero-order valence-electron chi connectivity index (χ0n) is 12.5. The molecule has 1 atom stereocenters. The van der Waals surface area contributed by atoms with Crippen LogP contribution in [0.5, 0.6) is 0 Å². The number of fused-ring (bicyclic) bond motifs is 2. The molecule has 0 radical (unpaired) electrons. The average molecular weight is 288 g/mol. The molecule has 0 bridgehead atoms. The largest absolute Gasteiger partial charge is 0.355 e. The molecule has 0 amide bonds. The van der Waals surface area contributed by atoms with Crippen molar-refractivity contribution in [2.24, 2.45) is 0 Å². The standard InChI is InChI=1S/C20H20N2/c1-2-8-15(9-3-1)14-21-20-16-10-4-6-12-18(16)22-19-13-7-5-11-17(19)20/h1-4,6,8-13,20-22H,5,7,14H2/t20-/m0/s1. The Morgan fingerprint density at radius 2 is 1.68 bits per heavy atom. The molecule has 0 spiro atoms. The molecule has 0 saturated carbocycles. The van der Waals surface area contributed by atoms with E-state index in [2.05, 4.69) is 77.4 Å². The quantitative estimate of drug-likeness (QED) is 0.866. The second-order valence-electron chi connectivity index (χ2n) is 5.87. The van der Waals surface area contributed by atoms with Crippen LogP contribution >= 0.6 is 0 Å². The molecule has 1 aliphatic heterocycles. The molecule has 2 aliphatic rings. The lowest BCUT2D eigenvalue weighted by Gasteiger charge is -2.34. The highest BCUT2D eigenvalue weighted by molar-refractivity contribution is 5.67. The Kier molecular flexibility index (Phi) is 3.53. The molecule has 110 valence electrons. The van der Waals surface area contributed by atoms with E-state index in [1.807, 2.05) is 0 Å². The third-order valence-corrected chi connectivity index (χ3v) is 4.40. The summed E-state index contributed by atoms with van der Waals surface area (Å²) in [6.07, 6.45) is 6.95. The van der Waals surface area contributed by atoms with Crippen LogP contribution in [0.1, 0.15) is 30.0 Å². The minimum Gasteiger partial charge on any atom is -0.355 e. The van der Waals surface area contributed by atoms with Gasteiger partial charge in [0.1, 0.15) is 0 Å². The van der Waals surface area contributed by atoms with E-state index < -0.39 is 0 Å². The van der Waals surface area contributed by atoms with Crippen molar-refractivity contribution >= 4 is 5.69 Å². The van der Waals surface area contributed by atoms with Gasteiger partial charge in [-0.2, -0.15) is 0 Å². The van der Waals surface area contributed by atoms with Crippen LogP contribution in [0.2, 0.25) is 0 Å². The predicted octanol–water partition coefficient (Wildman–Crippen LogP) is 4.55. The maximum atomic E-state index is 3.74. The molecular weight excluding hydrogens is 268 g/mol. The van der Waals surface area contributed by atoms with Gasteiger partial charge in [0, 0.05) is 17.9 Å². The summed E-state index contributed by atoms with van der Waals surface area (Å²) >= 11 is 0. The van der Waals surface area contributed by atoms with Gasteiger partial charge in [-0.3, -0.25) is 0 Å². The lowest BCUT2D eigenvalue weighted by molar-refractivity contribution is 0.590. The van der Waals surface area contributed by atoms with Crippen molar-refractivity contribution in [2.45, 2.75) is 25.4 Å². The van der Waals surface area contributed by atoms with Crippen molar-refractivity contribution in [1.29, 1.82) is 0 Å². The molecule has 22 heavy (non-hydrogen) atoms. The Hall–Kier alpha value is -2.32. The number of rotatable bonds is 3. The zero-order chi connectivity index (χ0) is 14.8. The first kappa shape index (κ1) is 13.4. The summed E-state index contributed by atoms with van der Waals surface area (Å²) in [7, 11) is 0. The summed E-state index contributed by atoms with van der Waals surface area (Å²) in [5.41, 5.74) is 6.54. The van der Waals surface area contributed by atoms with Crippen LogP contribution in [0.4, 0.5) is 5.69 Å². The Bertz CT molecular complexity index is 728. The Morgan fingerprint density at radius 3 is 2.59 bits per heavy atom. The topological polar surface area (TPSA) is 24.1 Å². The monoisotopic (exact) mass is 288 g/mol. The van der Waals surface area contributed by atoms with E-state index in [1.165, 1.54) is 28.1 Å². The number of hydrogen-bond acceptors (Lipinski definition) is 2. The molecule has 0 aromatic heterocycles. The van der Waals surface area contributed by atoms with Crippen LogP contribution in [0.25, 0.3) is 0 Å². The Morgan fingerprint density at radius 1 is 0.909 bits per heavy atom. The van der Waals surface area contributed by atoms with Crippen molar-refractivity contribution in [3.8, 4) is 0 Å². The SMILES string of the molecule is C1=C2Nc3ccccc3[C@H](NCc3ccccc3)C2=CCC1. The highest BCUT2D eigenvalue weighted by Gasteiger charge is 2.27. The number of anilines is 1. The van der Waals surface area contributed by atoms with E-state index in [0.717, 1.165) is 19.4 Å². The highest BCUT2D eigenvalue weighted by Crippen LogP contribution is 2.40. The average Bonchev–Trinajstić information content (AvgIpc) is 2.59. The molecule has 2 aromatic rings. The summed E-state index contributed by atoms with van der Waals surface area (Å²) in [6, 6.07) is 19.5. The number of allylic oxidation sites excluding steroid dienone is 2. The number of hydrogen-bond donors (Lipinski definition) is 2. The van der Waals surface area contributed by atoms with E-state index in [1.54, 1.807) is 0 Å². The van der Waals surface area contributed by atoms with Gasteiger partial charge in [0.05, 0.1) is 6.04 Å².